The molecule has 0 bridgehead atoms. The van der Waals surface area contributed by atoms with Gasteiger partial charge in [0.05, 0.1) is 18.8 Å². The summed E-state index contributed by atoms with van der Waals surface area (Å²) in [6, 6.07) is 15.0. The minimum absolute atomic E-state index is 0.352. The molecule has 1 atom stereocenters. The third kappa shape index (κ3) is 3.35. The van der Waals surface area contributed by atoms with Crippen LogP contribution in [0.1, 0.15) is 36.0 Å². The maximum Gasteiger partial charge on any atom is 0.138 e. The highest BCUT2D eigenvalue weighted by molar-refractivity contribution is 5.30. The summed E-state index contributed by atoms with van der Waals surface area (Å²) < 4.78 is 7.39. The van der Waals surface area contributed by atoms with Crippen molar-refractivity contribution in [1.29, 1.82) is 0 Å². The number of hydrogen-bond donors (Lipinski definition) is 0. The van der Waals surface area contributed by atoms with Crippen molar-refractivity contribution in [2.24, 2.45) is 0 Å². The predicted octanol–water partition coefficient (Wildman–Crippen LogP) is 3.92. The Morgan fingerprint density at radius 3 is 2.88 bits per heavy atom. The minimum atomic E-state index is 0.352. The Hall–Kier alpha value is -2.66. The van der Waals surface area contributed by atoms with Crippen molar-refractivity contribution < 1.29 is 4.74 Å². The Labute approximate surface area is 154 Å². The van der Waals surface area contributed by atoms with Gasteiger partial charge >= 0.3 is 0 Å². The van der Waals surface area contributed by atoms with E-state index < -0.39 is 0 Å². The van der Waals surface area contributed by atoms with E-state index in [-0.39, 0.29) is 0 Å². The first kappa shape index (κ1) is 16.8. The Kier molecular flexibility index (Phi) is 4.71. The number of ether oxygens (including phenoxy) is 1. The van der Waals surface area contributed by atoms with Crippen LogP contribution in [0.25, 0.3) is 5.82 Å². The van der Waals surface area contributed by atoms with E-state index in [0.717, 1.165) is 42.6 Å². The molecule has 26 heavy (non-hydrogen) atoms. The zero-order valence-corrected chi connectivity index (χ0v) is 15.3. The van der Waals surface area contributed by atoms with Crippen LogP contribution in [0.2, 0.25) is 0 Å². The lowest BCUT2D eigenvalue weighted by Gasteiger charge is -2.24. The SMILES string of the molecule is COc1cccc(CN2CCCC2c2cccc(-n3ccnc3C)n2)c1. The third-order valence-electron chi connectivity index (χ3n) is 5.05. The van der Waals surface area contributed by atoms with Crippen molar-refractivity contribution >= 4 is 0 Å². The van der Waals surface area contributed by atoms with Gasteiger partial charge in [0.1, 0.15) is 17.4 Å². The molecular formula is C21H24N4O. The lowest BCUT2D eigenvalue weighted by Crippen LogP contribution is -2.23. The molecule has 5 nitrogen and oxygen atoms in total. The molecule has 5 heteroatoms. The molecule has 0 saturated carbocycles. The fraction of sp³-hybridized carbons (Fsp3) is 0.333. The topological polar surface area (TPSA) is 43.2 Å². The standard InChI is InChI=1S/C21H24N4O/c1-16-22-11-13-25(16)21-10-4-8-19(23-21)20-9-5-12-24(20)15-17-6-3-7-18(14-17)26-2/h3-4,6-8,10-11,13-14,20H,5,9,12,15H2,1-2H3. The Morgan fingerprint density at radius 1 is 1.19 bits per heavy atom. The van der Waals surface area contributed by atoms with Crippen LogP contribution in [-0.4, -0.2) is 33.1 Å². The highest BCUT2D eigenvalue weighted by Gasteiger charge is 2.27. The number of likely N-dealkylation sites (tertiary alicyclic amines) is 1. The van der Waals surface area contributed by atoms with Gasteiger partial charge in [0, 0.05) is 18.9 Å². The van der Waals surface area contributed by atoms with E-state index in [2.05, 4.69) is 40.2 Å². The average Bonchev–Trinajstić information content (AvgIpc) is 3.31. The highest BCUT2D eigenvalue weighted by Crippen LogP contribution is 2.33. The second-order valence-corrected chi connectivity index (χ2v) is 6.75. The quantitative estimate of drug-likeness (QED) is 0.701. The van der Waals surface area contributed by atoms with Crippen LogP contribution >= 0.6 is 0 Å². The number of nitrogens with zero attached hydrogens (tertiary/aromatic N) is 4. The summed E-state index contributed by atoms with van der Waals surface area (Å²) in [7, 11) is 1.71. The molecule has 0 spiro atoms. The molecule has 0 N–H and O–H groups in total. The Bertz CT molecular complexity index is 889. The second-order valence-electron chi connectivity index (χ2n) is 6.75. The highest BCUT2D eigenvalue weighted by atomic mass is 16.5. The number of aryl methyl sites for hydroxylation is 1. The van der Waals surface area contributed by atoms with E-state index in [1.54, 1.807) is 7.11 Å². The predicted molar refractivity (Wildman–Crippen MR) is 101 cm³/mol. The van der Waals surface area contributed by atoms with E-state index in [1.807, 2.05) is 36.0 Å². The van der Waals surface area contributed by atoms with E-state index in [4.69, 9.17) is 9.72 Å². The van der Waals surface area contributed by atoms with E-state index in [0.29, 0.717) is 6.04 Å². The molecule has 0 amide bonds. The number of benzene rings is 1. The molecule has 3 aromatic rings. The van der Waals surface area contributed by atoms with Crippen LogP contribution in [0, 0.1) is 6.92 Å². The van der Waals surface area contributed by atoms with E-state index in [9.17, 15) is 0 Å². The zero-order chi connectivity index (χ0) is 17.9. The molecule has 1 saturated heterocycles. The molecule has 1 aromatic carbocycles. The Morgan fingerprint density at radius 2 is 2.08 bits per heavy atom. The molecule has 0 aliphatic carbocycles. The van der Waals surface area contributed by atoms with E-state index >= 15 is 0 Å². The summed E-state index contributed by atoms with van der Waals surface area (Å²) in [5.74, 6) is 2.80. The summed E-state index contributed by atoms with van der Waals surface area (Å²) >= 11 is 0. The van der Waals surface area contributed by atoms with Gasteiger partial charge in [-0.3, -0.25) is 9.47 Å². The van der Waals surface area contributed by atoms with Gasteiger partial charge in [-0.15, -0.1) is 0 Å². The van der Waals surface area contributed by atoms with Crippen LogP contribution < -0.4 is 4.74 Å². The number of imidazole rings is 1. The molecule has 1 fully saturated rings. The number of pyridine rings is 1. The first-order valence-electron chi connectivity index (χ1n) is 9.09. The van der Waals surface area contributed by atoms with Crippen molar-refractivity contribution in [1.82, 2.24) is 19.4 Å². The first-order chi connectivity index (χ1) is 12.7. The maximum atomic E-state index is 5.36. The smallest absolute Gasteiger partial charge is 0.138 e. The fourth-order valence-corrected chi connectivity index (χ4v) is 3.74. The fourth-order valence-electron chi connectivity index (χ4n) is 3.74. The minimum Gasteiger partial charge on any atom is -0.497 e. The molecule has 134 valence electrons. The van der Waals surface area contributed by atoms with E-state index in [1.165, 1.54) is 12.0 Å². The summed E-state index contributed by atoms with van der Waals surface area (Å²) in [4.78, 5) is 11.8. The average molecular weight is 348 g/mol. The normalized spacial score (nSPS) is 17.5. The summed E-state index contributed by atoms with van der Waals surface area (Å²) in [6.07, 6.45) is 6.12. The van der Waals surface area contributed by atoms with Gasteiger partial charge in [-0.1, -0.05) is 18.2 Å². The van der Waals surface area contributed by atoms with Gasteiger partial charge in [-0.25, -0.2) is 9.97 Å². The zero-order valence-electron chi connectivity index (χ0n) is 15.3. The van der Waals surface area contributed by atoms with Gasteiger partial charge in [0.15, 0.2) is 0 Å². The summed E-state index contributed by atoms with van der Waals surface area (Å²) in [6.45, 7) is 4.01. The van der Waals surface area contributed by atoms with Crippen LogP contribution in [0.5, 0.6) is 5.75 Å². The maximum absolute atomic E-state index is 5.36. The molecule has 3 heterocycles. The van der Waals surface area contributed by atoms with Gasteiger partial charge in [-0.2, -0.15) is 0 Å². The number of methoxy groups -OCH3 is 1. The first-order valence-corrected chi connectivity index (χ1v) is 9.09. The largest absolute Gasteiger partial charge is 0.497 e. The van der Waals surface area contributed by atoms with Gasteiger partial charge in [0.2, 0.25) is 0 Å². The lowest BCUT2D eigenvalue weighted by molar-refractivity contribution is 0.244. The molecule has 1 aliphatic heterocycles. The van der Waals surface area contributed by atoms with Crippen LogP contribution in [0.15, 0.2) is 54.9 Å². The van der Waals surface area contributed by atoms with Crippen molar-refractivity contribution in [2.45, 2.75) is 32.4 Å². The number of hydrogen-bond acceptors (Lipinski definition) is 4. The van der Waals surface area contributed by atoms with Crippen LogP contribution in [0.3, 0.4) is 0 Å². The molecule has 2 aromatic heterocycles. The summed E-state index contributed by atoms with van der Waals surface area (Å²) in [5.41, 5.74) is 2.41. The van der Waals surface area contributed by atoms with Crippen LogP contribution in [-0.2, 0) is 6.54 Å². The number of aromatic nitrogens is 3. The molecule has 4 rings (SSSR count). The van der Waals surface area contributed by atoms with Crippen molar-refractivity contribution in [3.05, 3.63) is 71.9 Å². The van der Waals surface area contributed by atoms with Crippen molar-refractivity contribution in [3.63, 3.8) is 0 Å². The Balaban J connectivity index is 1.57. The van der Waals surface area contributed by atoms with Crippen LogP contribution in [0.4, 0.5) is 0 Å². The monoisotopic (exact) mass is 348 g/mol. The van der Waals surface area contributed by atoms with Crippen molar-refractivity contribution in [2.75, 3.05) is 13.7 Å². The van der Waals surface area contributed by atoms with Gasteiger partial charge < -0.3 is 4.74 Å². The lowest BCUT2D eigenvalue weighted by atomic mass is 10.1. The summed E-state index contributed by atoms with van der Waals surface area (Å²) in [5, 5.41) is 0. The number of rotatable bonds is 5. The second kappa shape index (κ2) is 7.30. The molecule has 1 aliphatic rings. The van der Waals surface area contributed by atoms with Gasteiger partial charge in [-0.05, 0) is 56.1 Å². The molecule has 1 unspecified atom stereocenters. The van der Waals surface area contributed by atoms with Crippen molar-refractivity contribution in [3.8, 4) is 11.6 Å². The molecule has 0 radical (unpaired) electrons. The third-order valence-corrected chi connectivity index (χ3v) is 5.05. The van der Waals surface area contributed by atoms with Gasteiger partial charge in [0.25, 0.3) is 0 Å². The molecular weight excluding hydrogens is 324 g/mol.